The van der Waals surface area contributed by atoms with E-state index >= 15 is 0 Å². The van der Waals surface area contributed by atoms with E-state index in [1.165, 1.54) is 21.9 Å². The highest BCUT2D eigenvalue weighted by Gasteiger charge is 2.32. The van der Waals surface area contributed by atoms with E-state index in [1.807, 2.05) is 27.7 Å². The molecule has 0 aliphatic rings. The van der Waals surface area contributed by atoms with Crippen LogP contribution in [0.25, 0.3) is 10.8 Å². The lowest BCUT2D eigenvalue weighted by Crippen LogP contribution is -2.38. The van der Waals surface area contributed by atoms with Gasteiger partial charge in [0.2, 0.25) is 0 Å². The second kappa shape index (κ2) is 9.08. The van der Waals surface area contributed by atoms with Crippen LogP contribution in [0.5, 0.6) is 0 Å². The van der Waals surface area contributed by atoms with Gasteiger partial charge in [-0.05, 0) is 61.4 Å². The number of hydrogen-bond donors (Lipinski definition) is 1. The van der Waals surface area contributed by atoms with Crippen molar-refractivity contribution in [3.8, 4) is 0 Å². The largest absolute Gasteiger partial charge is 0.390 e. The summed E-state index contributed by atoms with van der Waals surface area (Å²) in [5.74, 6) is 0. The third-order valence-electron chi connectivity index (χ3n) is 4.90. The lowest BCUT2D eigenvalue weighted by molar-refractivity contribution is -0.0366. The smallest absolute Gasteiger partial charge is 0.0642 e. The lowest BCUT2D eigenvalue weighted by Gasteiger charge is -2.36. The van der Waals surface area contributed by atoms with Crippen molar-refractivity contribution in [3.63, 3.8) is 0 Å². The summed E-state index contributed by atoms with van der Waals surface area (Å²) in [7, 11) is 0. The number of aliphatic hydroxyl groups is 1. The molecule has 2 aromatic carbocycles. The van der Waals surface area contributed by atoms with Crippen molar-refractivity contribution in [3.05, 3.63) is 47.5 Å². The van der Waals surface area contributed by atoms with E-state index in [1.54, 1.807) is 0 Å². The van der Waals surface area contributed by atoms with Crippen LogP contribution in [0.2, 0.25) is 0 Å². The molecule has 0 fully saturated rings. The zero-order valence-electron chi connectivity index (χ0n) is 16.6. The molecule has 0 amide bonds. The van der Waals surface area contributed by atoms with Gasteiger partial charge in [0.15, 0.2) is 0 Å². The van der Waals surface area contributed by atoms with Crippen LogP contribution in [0.4, 0.5) is 0 Å². The average Bonchev–Trinajstić information content (AvgIpc) is 2.50. The number of hydrogen-bond acceptors (Lipinski definition) is 1. The molecular weight excluding hydrogens is 280 g/mol. The summed E-state index contributed by atoms with van der Waals surface area (Å²) in [6, 6.07) is 12.9. The molecule has 0 atom stereocenters. The summed E-state index contributed by atoms with van der Waals surface area (Å²) in [5.41, 5.74) is 2.20. The standard InChI is InChI=1S/C12H12.C8H18O.C2H6/c1-9-5-3-8-12-10(2)6-4-7-11(9)12;1-6-7(2,3)8(4,5)9;1-2/h3-8H,1-2H3;9H,6H2,1-5H3;1-2H3. The zero-order valence-corrected chi connectivity index (χ0v) is 16.6. The Balaban J connectivity index is 0.000000396. The summed E-state index contributed by atoms with van der Waals surface area (Å²) < 4.78 is 0. The molecule has 0 radical (unpaired) electrons. The number of rotatable bonds is 2. The van der Waals surface area contributed by atoms with E-state index in [2.05, 4.69) is 71.0 Å². The Morgan fingerprint density at radius 2 is 1.13 bits per heavy atom. The van der Waals surface area contributed by atoms with Gasteiger partial charge in [-0.3, -0.25) is 0 Å². The van der Waals surface area contributed by atoms with Crippen LogP contribution in [0.1, 0.15) is 66.0 Å². The molecule has 1 heteroatoms. The van der Waals surface area contributed by atoms with Gasteiger partial charge in [-0.15, -0.1) is 0 Å². The van der Waals surface area contributed by atoms with E-state index < -0.39 is 5.60 Å². The monoisotopic (exact) mass is 316 g/mol. The molecule has 0 aliphatic carbocycles. The fraction of sp³-hybridized carbons (Fsp3) is 0.545. The predicted molar refractivity (Wildman–Crippen MR) is 105 cm³/mol. The Bertz CT molecular complexity index is 547. The molecule has 0 heterocycles. The highest BCUT2D eigenvalue weighted by Crippen LogP contribution is 2.32. The first-order valence-electron chi connectivity index (χ1n) is 8.77. The van der Waals surface area contributed by atoms with Crippen LogP contribution >= 0.6 is 0 Å². The summed E-state index contributed by atoms with van der Waals surface area (Å²) in [6.07, 6.45) is 1.01. The normalized spacial score (nSPS) is 11.2. The minimum absolute atomic E-state index is 0.0347. The van der Waals surface area contributed by atoms with Gasteiger partial charge in [0, 0.05) is 0 Å². The molecule has 0 saturated heterocycles. The Morgan fingerprint density at radius 3 is 1.35 bits per heavy atom. The summed E-state index contributed by atoms with van der Waals surface area (Å²) in [5, 5.41) is 12.3. The number of benzene rings is 2. The first kappa shape index (κ1) is 21.7. The highest BCUT2D eigenvalue weighted by atomic mass is 16.3. The first-order chi connectivity index (χ1) is 10.6. The SMILES string of the molecule is CC.CCC(C)(C)C(C)(C)O.Cc1cccc2c(C)cccc12. The molecule has 0 aromatic heterocycles. The second-order valence-electron chi connectivity index (χ2n) is 7.04. The van der Waals surface area contributed by atoms with Gasteiger partial charge in [0.25, 0.3) is 0 Å². The topological polar surface area (TPSA) is 20.2 Å². The van der Waals surface area contributed by atoms with Crippen LogP contribution in [0.15, 0.2) is 36.4 Å². The van der Waals surface area contributed by atoms with Crippen LogP contribution in [-0.4, -0.2) is 10.7 Å². The van der Waals surface area contributed by atoms with Gasteiger partial charge in [-0.1, -0.05) is 71.0 Å². The van der Waals surface area contributed by atoms with Crippen molar-refractivity contribution in [2.24, 2.45) is 5.41 Å². The zero-order chi connectivity index (χ0) is 18.3. The first-order valence-corrected chi connectivity index (χ1v) is 8.77. The highest BCUT2D eigenvalue weighted by molar-refractivity contribution is 5.88. The minimum Gasteiger partial charge on any atom is -0.390 e. The Hall–Kier alpha value is -1.34. The van der Waals surface area contributed by atoms with Crippen LogP contribution in [0, 0.1) is 19.3 Å². The maximum Gasteiger partial charge on any atom is 0.0642 e. The number of fused-ring (bicyclic) bond motifs is 1. The predicted octanol–water partition coefficient (Wildman–Crippen LogP) is 6.68. The van der Waals surface area contributed by atoms with Gasteiger partial charge in [-0.2, -0.15) is 0 Å². The van der Waals surface area contributed by atoms with Crippen LogP contribution < -0.4 is 0 Å². The Labute approximate surface area is 143 Å². The van der Waals surface area contributed by atoms with Gasteiger partial charge in [0.1, 0.15) is 0 Å². The third kappa shape index (κ3) is 5.99. The Kier molecular flexibility index (Phi) is 8.55. The molecular formula is C22H36O. The quantitative estimate of drug-likeness (QED) is 0.655. The molecule has 1 nitrogen and oxygen atoms in total. The van der Waals surface area contributed by atoms with Crippen molar-refractivity contribution >= 4 is 10.8 Å². The van der Waals surface area contributed by atoms with Crippen molar-refractivity contribution in [2.45, 2.75) is 74.3 Å². The van der Waals surface area contributed by atoms with Gasteiger partial charge in [0.05, 0.1) is 5.60 Å². The molecule has 0 aliphatic heterocycles. The van der Waals surface area contributed by atoms with E-state index in [0.29, 0.717) is 0 Å². The van der Waals surface area contributed by atoms with Crippen molar-refractivity contribution in [1.29, 1.82) is 0 Å². The van der Waals surface area contributed by atoms with Crippen molar-refractivity contribution in [1.82, 2.24) is 0 Å². The van der Waals surface area contributed by atoms with Crippen molar-refractivity contribution < 1.29 is 5.11 Å². The maximum absolute atomic E-state index is 9.55. The third-order valence-corrected chi connectivity index (χ3v) is 4.90. The molecule has 23 heavy (non-hydrogen) atoms. The van der Waals surface area contributed by atoms with E-state index in [9.17, 15) is 5.11 Å². The van der Waals surface area contributed by atoms with Gasteiger partial charge < -0.3 is 5.11 Å². The second-order valence-corrected chi connectivity index (χ2v) is 7.04. The average molecular weight is 317 g/mol. The molecule has 130 valence electrons. The van der Waals surface area contributed by atoms with Crippen LogP contribution in [0.3, 0.4) is 0 Å². The van der Waals surface area contributed by atoms with Crippen LogP contribution in [-0.2, 0) is 0 Å². The van der Waals surface area contributed by atoms with Gasteiger partial charge >= 0.3 is 0 Å². The fourth-order valence-electron chi connectivity index (χ4n) is 2.06. The molecule has 0 unspecified atom stereocenters. The van der Waals surface area contributed by atoms with Gasteiger partial charge in [-0.25, -0.2) is 0 Å². The summed E-state index contributed by atoms with van der Waals surface area (Å²) in [6.45, 7) is 18.3. The lowest BCUT2D eigenvalue weighted by atomic mass is 9.75. The van der Waals surface area contributed by atoms with E-state index in [-0.39, 0.29) is 5.41 Å². The molecule has 0 saturated carbocycles. The van der Waals surface area contributed by atoms with E-state index in [0.717, 1.165) is 6.42 Å². The molecule has 0 spiro atoms. The summed E-state index contributed by atoms with van der Waals surface area (Å²) in [4.78, 5) is 0. The molecule has 2 rings (SSSR count). The molecule has 0 bridgehead atoms. The molecule has 2 aromatic rings. The summed E-state index contributed by atoms with van der Waals surface area (Å²) >= 11 is 0. The Morgan fingerprint density at radius 1 is 0.783 bits per heavy atom. The van der Waals surface area contributed by atoms with E-state index in [4.69, 9.17) is 0 Å². The minimum atomic E-state index is -0.554. The molecule has 1 N–H and O–H groups in total. The maximum atomic E-state index is 9.55. The van der Waals surface area contributed by atoms with Crippen molar-refractivity contribution in [2.75, 3.05) is 0 Å². The fourth-order valence-corrected chi connectivity index (χ4v) is 2.06. The number of aryl methyl sites for hydroxylation is 2.